The minimum atomic E-state index is 0.0886. The fourth-order valence-electron chi connectivity index (χ4n) is 3.69. The molecule has 2 heterocycles. The zero-order chi connectivity index (χ0) is 17.5. The summed E-state index contributed by atoms with van der Waals surface area (Å²) in [5, 5.41) is 10.3. The first-order valence-corrected chi connectivity index (χ1v) is 8.69. The molecular formula is C22H17N3O. The lowest BCUT2D eigenvalue weighted by atomic mass is 9.95. The number of fused-ring (bicyclic) bond motifs is 3. The Morgan fingerprint density at radius 2 is 1.58 bits per heavy atom. The van der Waals surface area contributed by atoms with Crippen molar-refractivity contribution in [2.75, 3.05) is 0 Å². The van der Waals surface area contributed by atoms with Crippen LogP contribution in [0.1, 0.15) is 23.6 Å². The summed E-state index contributed by atoms with van der Waals surface area (Å²) in [6.07, 6.45) is 0.703. The van der Waals surface area contributed by atoms with Gasteiger partial charge in [-0.05, 0) is 29.8 Å². The normalized spacial score (nSPS) is 16.3. The second kappa shape index (κ2) is 5.85. The van der Waals surface area contributed by atoms with E-state index in [1.807, 2.05) is 42.5 Å². The highest BCUT2D eigenvalue weighted by atomic mass is 16.3. The molecule has 0 aliphatic carbocycles. The number of phenols is 1. The molecule has 1 aliphatic rings. The van der Waals surface area contributed by atoms with Crippen LogP contribution in [0.4, 0.5) is 5.95 Å². The Labute approximate surface area is 151 Å². The molecule has 0 radical (unpaired) electrons. The van der Waals surface area contributed by atoms with Gasteiger partial charge in [0.2, 0.25) is 5.95 Å². The number of aromatic nitrogens is 2. The van der Waals surface area contributed by atoms with E-state index in [4.69, 9.17) is 9.98 Å². The molecule has 26 heavy (non-hydrogen) atoms. The van der Waals surface area contributed by atoms with Gasteiger partial charge in [-0.25, -0.2) is 9.98 Å². The van der Waals surface area contributed by atoms with Crippen LogP contribution >= 0.6 is 0 Å². The molecule has 0 saturated heterocycles. The average Bonchev–Trinajstić information content (AvgIpc) is 3.07. The zero-order valence-electron chi connectivity index (χ0n) is 14.1. The van der Waals surface area contributed by atoms with Gasteiger partial charge in [-0.1, -0.05) is 54.6 Å². The van der Waals surface area contributed by atoms with Crippen molar-refractivity contribution in [1.82, 2.24) is 9.55 Å². The van der Waals surface area contributed by atoms with Crippen molar-refractivity contribution in [3.8, 4) is 5.75 Å². The molecule has 0 fully saturated rings. The van der Waals surface area contributed by atoms with Gasteiger partial charge >= 0.3 is 0 Å². The van der Waals surface area contributed by atoms with Crippen LogP contribution < -0.4 is 0 Å². The van der Waals surface area contributed by atoms with Gasteiger partial charge in [-0.15, -0.1) is 0 Å². The quantitative estimate of drug-likeness (QED) is 0.567. The largest absolute Gasteiger partial charge is 0.507 e. The van der Waals surface area contributed by atoms with Crippen molar-refractivity contribution in [2.24, 2.45) is 4.99 Å². The van der Waals surface area contributed by atoms with E-state index < -0.39 is 0 Å². The van der Waals surface area contributed by atoms with Crippen LogP contribution in [0, 0.1) is 0 Å². The highest BCUT2D eigenvalue weighted by molar-refractivity contribution is 6.05. The van der Waals surface area contributed by atoms with Crippen LogP contribution in [0.2, 0.25) is 0 Å². The van der Waals surface area contributed by atoms with Crippen molar-refractivity contribution >= 4 is 22.7 Å². The van der Waals surface area contributed by atoms with E-state index in [0.29, 0.717) is 12.4 Å². The van der Waals surface area contributed by atoms with Crippen molar-refractivity contribution in [3.63, 3.8) is 0 Å². The van der Waals surface area contributed by atoms with E-state index in [-0.39, 0.29) is 11.8 Å². The van der Waals surface area contributed by atoms with Crippen LogP contribution in [-0.2, 0) is 0 Å². The Morgan fingerprint density at radius 3 is 2.42 bits per heavy atom. The fourth-order valence-corrected chi connectivity index (χ4v) is 3.69. The lowest BCUT2D eigenvalue weighted by Gasteiger charge is -2.26. The Kier molecular flexibility index (Phi) is 3.35. The summed E-state index contributed by atoms with van der Waals surface area (Å²) in [4.78, 5) is 9.53. The fraction of sp³-hybridized carbons (Fsp3) is 0.0909. The van der Waals surface area contributed by atoms with Gasteiger partial charge in [-0.3, -0.25) is 0 Å². The van der Waals surface area contributed by atoms with Crippen molar-refractivity contribution in [3.05, 3.63) is 90.0 Å². The van der Waals surface area contributed by atoms with Crippen LogP contribution in [0.3, 0.4) is 0 Å². The number of rotatable bonds is 2. The van der Waals surface area contributed by atoms with Crippen molar-refractivity contribution in [1.29, 1.82) is 0 Å². The van der Waals surface area contributed by atoms with Gasteiger partial charge < -0.3 is 9.67 Å². The SMILES string of the molecule is Oc1ccccc1C1=Nc2nc3ccccc3n2[C@@H](c2ccccc2)C1. The first-order chi connectivity index (χ1) is 12.8. The Hall–Kier alpha value is -3.40. The van der Waals surface area contributed by atoms with Crippen LogP contribution in [0.5, 0.6) is 5.75 Å². The molecule has 1 aliphatic heterocycles. The topological polar surface area (TPSA) is 50.4 Å². The number of benzene rings is 3. The first kappa shape index (κ1) is 14.9. The number of hydrogen-bond acceptors (Lipinski definition) is 3. The standard InChI is InChI=1S/C22H17N3O/c26-21-13-7-4-10-16(21)18-14-20(15-8-2-1-3-9-15)25-19-12-6-5-11-17(19)23-22(25)24-18/h1-13,20,26H,14H2/t20-/m1/s1. The number of hydrogen-bond donors (Lipinski definition) is 1. The molecule has 0 saturated carbocycles. The summed E-state index contributed by atoms with van der Waals surface area (Å²) in [7, 11) is 0. The number of aromatic hydroxyl groups is 1. The van der Waals surface area contributed by atoms with Crippen molar-refractivity contribution in [2.45, 2.75) is 12.5 Å². The van der Waals surface area contributed by atoms with Gasteiger partial charge in [0.1, 0.15) is 5.75 Å². The summed E-state index contributed by atoms with van der Waals surface area (Å²) in [6, 6.07) is 26.0. The maximum atomic E-state index is 10.3. The van der Waals surface area contributed by atoms with Gasteiger partial charge in [0.15, 0.2) is 0 Å². The molecule has 1 N–H and O–H groups in total. The van der Waals surface area contributed by atoms with Gasteiger partial charge in [0, 0.05) is 12.0 Å². The molecule has 0 bridgehead atoms. The zero-order valence-corrected chi connectivity index (χ0v) is 14.1. The minimum Gasteiger partial charge on any atom is -0.507 e. The number of nitrogens with zero attached hydrogens (tertiary/aromatic N) is 3. The van der Waals surface area contributed by atoms with E-state index in [2.05, 4.69) is 34.9 Å². The molecular weight excluding hydrogens is 322 g/mol. The highest BCUT2D eigenvalue weighted by Gasteiger charge is 2.28. The molecule has 0 spiro atoms. The van der Waals surface area contributed by atoms with E-state index >= 15 is 0 Å². The Bertz CT molecular complexity index is 1130. The monoisotopic (exact) mass is 339 g/mol. The summed E-state index contributed by atoms with van der Waals surface area (Å²) < 4.78 is 2.20. The Balaban J connectivity index is 1.76. The lowest BCUT2D eigenvalue weighted by Crippen LogP contribution is -2.20. The van der Waals surface area contributed by atoms with Gasteiger partial charge in [0.05, 0.1) is 22.8 Å². The third-order valence-electron chi connectivity index (χ3n) is 4.91. The predicted molar refractivity (Wildman–Crippen MR) is 103 cm³/mol. The molecule has 4 aromatic rings. The Morgan fingerprint density at radius 1 is 0.846 bits per heavy atom. The molecule has 1 aromatic heterocycles. The molecule has 4 nitrogen and oxygen atoms in total. The first-order valence-electron chi connectivity index (χ1n) is 8.69. The third-order valence-corrected chi connectivity index (χ3v) is 4.91. The highest BCUT2D eigenvalue weighted by Crippen LogP contribution is 2.38. The maximum Gasteiger partial charge on any atom is 0.231 e. The summed E-state index contributed by atoms with van der Waals surface area (Å²) >= 11 is 0. The van der Waals surface area contributed by atoms with Crippen LogP contribution in [0.15, 0.2) is 83.9 Å². The number of imidazole rings is 1. The van der Waals surface area contributed by atoms with E-state index in [9.17, 15) is 5.11 Å². The third kappa shape index (κ3) is 2.30. The molecule has 5 rings (SSSR count). The van der Waals surface area contributed by atoms with E-state index in [0.717, 1.165) is 22.3 Å². The molecule has 126 valence electrons. The van der Waals surface area contributed by atoms with Crippen LogP contribution in [-0.4, -0.2) is 20.4 Å². The van der Waals surface area contributed by atoms with E-state index in [1.54, 1.807) is 6.07 Å². The summed E-state index contributed by atoms with van der Waals surface area (Å²) in [5.74, 6) is 0.937. The predicted octanol–water partition coefficient (Wildman–Crippen LogP) is 4.86. The van der Waals surface area contributed by atoms with Gasteiger partial charge in [0.25, 0.3) is 0 Å². The number of phenolic OH excluding ortho intramolecular Hbond substituents is 1. The number of aliphatic imine (C=N–C) groups is 1. The summed E-state index contributed by atoms with van der Waals surface area (Å²) in [6.45, 7) is 0. The van der Waals surface area contributed by atoms with Crippen LogP contribution in [0.25, 0.3) is 11.0 Å². The molecule has 4 heteroatoms. The second-order valence-corrected chi connectivity index (χ2v) is 6.48. The second-order valence-electron chi connectivity index (χ2n) is 6.48. The molecule has 0 amide bonds. The van der Waals surface area contributed by atoms with Crippen molar-refractivity contribution < 1.29 is 5.11 Å². The smallest absolute Gasteiger partial charge is 0.231 e. The minimum absolute atomic E-state index is 0.0886. The summed E-state index contributed by atoms with van der Waals surface area (Å²) in [5.41, 5.74) is 4.85. The number of para-hydroxylation sites is 3. The molecule has 1 atom stereocenters. The van der Waals surface area contributed by atoms with Gasteiger partial charge in [-0.2, -0.15) is 0 Å². The van der Waals surface area contributed by atoms with E-state index in [1.165, 1.54) is 5.56 Å². The lowest BCUT2D eigenvalue weighted by molar-refractivity contribution is 0.473. The molecule has 3 aromatic carbocycles. The molecule has 0 unspecified atom stereocenters. The maximum absolute atomic E-state index is 10.3. The average molecular weight is 339 g/mol.